The molecule has 0 heterocycles. The quantitative estimate of drug-likeness (QED) is 0.305. The molecule has 0 atom stereocenters. The molecule has 0 saturated carbocycles. The Morgan fingerprint density at radius 2 is 1.59 bits per heavy atom. The predicted molar refractivity (Wildman–Crippen MR) is 70.1 cm³/mol. The van der Waals surface area contributed by atoms with E-state index in [-0.39, 0.29) is 0 Å². The average molecular weight is 242 g/mol. The van der Waals surface area contributed by atoms with Gasteiger partial charge in [0.05, 0.1) is 13.2 Å². The van der Waals surface area contributed by atoms with Gasteiger partial charge in [-0.25, -0.2) is 4.79 Å². The Labute approximate surface area is 105 Å². The highest BCUT2D eigenvalue weighted by Crippen LogP contribution is 2.06. The fourth-order valence-electron chi connectivity index (χ4n) is 1.48. The molecule has 0 radical (unpaired) electrons. The van der Waals surface area contributed by atoms with Crippen molar-refractivity contribution < 1.29 is 14.3 Å². The third-order valence-electron chi connectivity index (χ3n) is 2.51. The van der Waals surface area contributed by atoms with E-state index in [4.69, 9.17) is 9.47 Å². The number of unbranched alkanes of at least 4 members (excludes halogenated alkanes) is 6. The maximum atomic E-state index is 11.0. The zero-order valence-corrected chi connectivity index (χ0v) is 11.1. The van der Waals surface area contributed by atoms with Crippen molar-refractivity contribution in [1.82, 2.24) is 0 Å². The maximum Gasteiger partial charge on any atom is 0.508 e. The number of carbonyl (C=O) groups excluding carboxylic acids is 1. The summed E-state index contributed by atoms with van der Waals surface area (Å²) in [6.07, 6.45) is 10.3. The molecule has 3 heteroatoms. The lowest BCUT2D eigenvalue weighted by atomic mass is 10.1. The minimum Gasteiger partial charge on any atom is -0.434 e. The van der Waals surface area contributed by atoms with Crippen LogP contribution in [0.25, 0.3) is 0 Å². The van der Waals surface area contributed by atoms with Gasteiger partial charge < -0.3 is 9.47 Å². The molecule has 17 heavy (non-hydrogen) atoms. The van der Waals surface area contributed by atoms with Gasteiger partial charge in [-0.15, -0.1) is 6.58 Å². The van der Waals surface area contributed by atoms with E-state index in [1.807, 2.05) is 0 Å². The smallest absolute Gasteiger partial charge is 0.434 e. The molecule has 0 aliphatic carbocycles. The largest absolute Gasteiger partial charge is 0.508 e. The van der Waals surface area contributed by atoms with Crippen LogP contribution in [0.1, 0.15) is 58.3 Å². The molecule has 0 aromatic heterocycles. The molecule has 0 rings (SSSR count). The second kappa shape index (κ2) is 13.1. The Bertz CT molecular complexity index is 190. The van der Waals surface area contributed by atoms with E-state index in [9.17, 15) is 4.79 Å². The van der Waals surface area contributed by atoms with Crippen LogP contribution in [0.15, 0.2) is 12.7 Å². The summed E-state index contributed by atoms with van der Waals surface area (Å²) in [5, 5.41) is 0. The number of hydrogen-bond donors (Lipinski definition) is 0. The third kappa shape index (κ3) is 12.9. The van der Waals surface area contributed by atoms with Crippen LogP contribution in [-0.4, -0.2) is 19.4 Å². The molecule has 0 N–H and O–H groups in total. The Kier molecular flexibility index (Phi) is 12.3. The highest BCUT2D eigenvalue weighted by molar-refractivity contribution is 5.59. The van der Waals surface area contributed by atoms with Gasteiger partial charge in [-0.1, -0.05) is 51.5 Å². The van der Waals surface area contributed by atoms with Crippen LogP contribution in [0.2, 0.25) is 0 Å². The van der Waals surface area contributed by atoms with Gasteiger partial charge in [0.1, 0.15) is 0 Å². The van der Waals surface area contributed by atoms with Crippen molar-refractivity contribution in [3.8, 4) is 0 Å². The Hall–Kier alpha value is -0.990. The lowest BCUT2D eigenvalue weighted by molar-refractivity contribution is 0.0553. The first-order chi connectivity index (χ1) is 8.31. The number of ether oxygens (including phenoxy) is 2. The molecule has 0 amide bonds. The van der Waals surface area contributed by atoms with Crippen LogP contribution in [-0.2, 0) is 9.47 Å². The van der Waals surface area contributed by atoms with Crippen LogP contribution in [0.3, 0.4) is 0 Å². The van der Waals surface area contributed by atoms with Crippen LogP contribution in [0, 0.1) is 0 Å². The minimum atomic E-state index is -0.558. The summed E-state index contributed by atoms with van der Waals surface area (Å²) >= 11 is 0. The summed E-state index contributed by atoms with van der Waals surface area (Å²) in [5.41, 5.74) is 0. The van der Waals surface area contributed by atoms with Gasteiger partial charge in [0.15, 0.2) is 0 Å². The Morgan fingerprint density at radius 1 is 1.00 bits per heavy atom. The summed E-state index contributed by atoms with van der Waals surface area (Å²) in [4.78, 5) is 11.0. The number of carbonyl (C=O) groups is 1. The van der Waals surface area contributed by atoms with Gasteiger partial charge in [0, 0.05) is 0 Å². The van der Waals surface area contributed by atoms with Gasteiger partial charge in [0.25, 0.3) is 0 Å². The van der Waals surface area contributed by atoms with Crippen molar-refractivity contribution in [3.05, 3.63) is 12.7 Å². The second-order valence-corrected chi connectivity index (χ2v) is 4.15. The summed E-state index contributed by atoms with van der Waals surface area (Å²) in [7, 11) is 0. The van der Waals surface area contributed by atoms with E-state index in [0.717, 1.165) is 12.8 Å². The molecule has 0 aliphatic heterocycles. The van der Waals surface area contributed by atoms with E-state index in [2.05, 4.69) is 13.5 Å². The lowest BCUT2D eigenvalue weighted by Crippen LogP contribution is -2.09. The molecular weight excluding hydrogens is 216 g/mol. The summed E-state index contributed by atoms with van der Waals surface area (Å²) in [6.45, 7) is 6.59. The van der Waals surface area contributed by atoms with E-state index >= 15 is 0 Å². The van der Waals surface area contributed by atoms with Crippen LogP contribution >= 0.6 is 0 Å². The van der Waals surface area contributed by atoms with Gasteiger partial charge in [-0.3, -0.25) is 0 Å². The van der Waals surface area contributed by atoms with Gasteiger partial charge in [-0.2, -0.15) is 0 Å². The molecule has 0 unspecified atom stereocenters. The average Bonchev–Trinajstić information content (AvgIpc) is 2.33. The molecule has 3 nitrogen and oxygen atoms in total. The molecule has 0 bridgehead atoms. The minimum absolute atomic E-state index is 0.360. The van der Waals surface area contributed by atoms with Crippen LogP contribution in [0.5, 0.6) is 0 Å². The summed E-state index contributed by atoms with van der Waals surface area (Å²) in [5.74, 6) is 0. The zero-order valence-electron chi connectivity index (χ0n) is 11.1. The van der Waals surface area contributed by atoms with Gasteiger partial charge in [0.2, 0.25) is 0 Å². The first-order valence-electron chi connectivity index (χ1n) is 6.71. The number of rotatable bonds is 11. The van der Waals surface area contributed by atoms with E-state index < -0.39 is 6.16 Å². The number of hydrogen-bond acceptors (Lipinski definition) is 3. The zero-order chi connectivity index (χ0) is 12.8. The monoisotopic (exact) mass is 242 g/mol. The molecule has 0 aromatic rings. The van der Waals surface area contributed by atoms with Crippen molar-refractivity contribution in [2.75, 3.05) is 13.2 Å². The maximum absolute atomic E-state index is 11.0. The lowest BCUT2D eigenvalue weighted by Gasteiger charge is -2.05. The van der Waals surface area contributed by atoms with Crippen molar-refractivity contribution in [2.45, 2.75) is 58.3 Å². The highest BCUT2D eigenvalue weighted by Gasteiger charge is 2.01. The molecule has 0 spiro atoms. The predicted octanol–water partition coefficient (Wildman–Crippen LogP) is 4.47. The normalized spacial score (nSPS) is 9.94. The van der Waals surface area contributed by atoms with Gasteiger partial charge in [-0.05, 0) is 12.8 Å². The Balaban J connectivity index is 3.11. The highest BCUT2D eigenvalue weighted by atomic mass is 16.7. The van der Waals surface area contributed by atoms with E-state index in [1.165, 1.54) is 32.1 Å². The first kappa shape index (κ1) is 16.0. The van der Waals surface area contributed by atoms with Crippen molar-refractivity contribution in [1.29, 1.82) is 0 Å². The van der Waals surface area contributed by atoms with Crippen molar-refractivity contribution in [3.63, 3.8) is 0 Å². The van der Waals surface area contributed by atoms with E-state index in [1.54, 1.807) is 6.08 Å². The molecule has 0 fully saturated rings. The van der Waals surface area contributed by atoms with Crippen LogP contribution < -0.4 is 0 Å². The molecule has 0 aliphatic rings. The fourth-order valence-corrected chi connectivity index (χ4v) is 1.48. The van der Waals surface area contributed by atoms with Crippen LogP contribution in [0.4, 0.5) is 4.79 Å². The Morgan fingerprint density at radius 3 is 2.24 bits per heavy atom. The molecular formula is C14H26O3. The summed E-state index contributed by atoms with van der Waals surface area (Å²) in [6, 6.07) is 0. The topological polar surface area (TPSA) is 35.5 Å². The molecule has 100 valence electrons. The van der Waals surface area contributed by atoms with Crippen molar-refractivity contribution >= 4 is 6.16 Å². The third-order valence-corrected chi connectivity index (χ3v) is 2.51. The SMILES string of the molecule is C=CCCOC(=O)OCCCCCCCCC. The van der Waals surface area contributed by atoms with E-state index in [0.29, 0.717) is 19.6 Å². The van der Waals surface area contributed by atoms with Crippen molar-refractivity contribution in [2.24, 2.45) is 0 Å². The van der Waals surface area contributed by atoms with Gasteiger partial charge >= 0.3 is 6.16 Å². The second-order valence-electron chi connectivity index (χ2n) is 4.15. The summed E-state index contributed by atoms with van der Waals surface area (Å²) < 4.78 is 9.73. The molecule has 0 aromatic carbocycles. The molecule has 0 saturated heterocycles. The fraction of sp³-hybridized carbons (Fsp3) is 0.786. The first-order valence-corrected chi connectivity index (χ1v) is 6.71. The standard InChI is InChI=1S/C14H26O3/c1-3-5-7-8-9-10-11-13-17-14(15)16-12-6-4-2/h4H,2-3,5-13H2,1H3.